The summed E-state index contributed by atoms with van der Waals surface area (Å²) in [5, 5.41) is 5.51. The molecule has 0 bridgehead atoms. The third-order valence-corrected chi connectivity index (χ3v) is 8.00. The second-order valence-corrected chi connectivity index (χ2v) is 9.56. The molecule has 0 aliphatic carbocycles. The van der Waals surface area contributed by atoms with E-state index in [9.17, 15) is 9.59 Å². The lowest BCUT2D eigenvalue weighted by molar-refractivity contribution is -0.127. The molecular formula is C23H19ClN2O3S. The first-order valence-electron chi connectivity index (χ1n) is 10.1. The fourth-order valence-electron chi connectivity index (χ4n) is 5.90. The van der Waals surface area contributed by atoms with Crippen LogP contribution < -0.4 is 5.32 Å². The van der Waals surface area contributed by atoms with E-state index in [1.165, 1.54) is 11.3 Å². The number of Topliss-reactive ketones (excluding diaryl/α,β-unsaturated/α-hetero) is 1. The molecule has 1 aromatic carbocycles. The van der Waals surface area contributed by atoms with E-state index < -0.39 is 11.5 Å². The molecule has 152 valence electrons. The van der Waals surface area contributed by atoms with Crippen LogP contribution in [0.4, 0.5) is 5.69 Å². The maximum Gasteiger partial charge on any atom is 0.250 e. The summed E-state index contributed by atoms with van der Waals surface area (Å²) in [5.41, 5.74) is 0.454. The number of hydrogen-bond acceptors (Lipinski definition) is 5. The van der Waals surface area contributed by atoms with Gasteiger partial charge in [-0.2, -0.15) is 0 Å². The highest BCUT2D eigenvalue weighted by atomic mass is 35.5. The Bertz CT molecular complexity index is 1140. The number of thiophene rings is 1. The van der Waals surface area contributed by atoms with Gasteiger partial charge in [-0.15, -0.1) is 11.3 Å². The second-order valence-electron chi connectivity index (χ2n) is 8.17. The van der Waals surface area contributed by atoms with Crippen LogP contribution in [0.15, 0.2) is 58.5 Å². The number of rotatable bonds is 3. The van der Waals surface area contributed by atoms with Gasteiger partial charge in [0.25, 0.3) is 0 Å². The molecule has 1 amide bonds. The summed E-state index contributed by atoms with van der Waals surface area (Å²) in [5.74, 6) is -0.179. The Labute approximate surface area is 182 Å². The summed E-state index contributed by atoms with van der Waals surface area (Å²) >= 11 is 7.80. The maximum atomic E-state index is 14.0. The Hall–Kier alpha value is -2.41. The third kappa shape index (κ3) is 2.27. The number of nitrogens with zero attached hydrogens (tertiary/aromatic N) is 1. The van der Waals surface area contributed by atoms with Crippen LogP contribution in [0.25, 0.3) is 0 Å². The van der Waals surface area contributed by atoms with Gasteiger partial charge in [0.2, 0.25) is 5.91 Å². The highest BCUT2D eigenvalue weighted by molar-refractivity contribution is 7.12. The molecule has 1 spiro atoms. The average Bonchev–Trinajstić information content (AvgIpc) is 3.54. The van der Waals surface area contributed by atoms with Crippen molar-refractivity contribution >= 4 is 40.3 Å². The van der Waals surface area contributed by atoms with Gasteiger partial charge in [0.1, 0.15) is 11.3 Å². The molecule has 7 heteroatoms. The summed E-state index contributed by atoms with van der Waals surface area (Å²) in [7, 11) is 0. The van der Waals surface area contributed by atoms with Crippen LogP contribution in [0.3, 0.4) is 0 Å². The Balaban J connectivity index is 1.64. The summed E-state index contributed by atoms with van der Waals surface area (Å²) in [6.07, 6.45) is 3.54. The summed E-state index contributed by atoms with van der Waals surface area (Å²) in [6, 6.07) is 13.0. The number of carbonyl (C=O) groups is 2. The van der Waals surface area contributed by atoms with Gasteiger partial charge in [-0.25, -0.2) is 0 Å². The second kappa shape index (κ2) is 6.54. The molecule has 3 aliphatic rings. The highest BCUT2D eigenvalue weighted by Gasteiger charge is 2.70. The predicted molar refractivity (Wildman–Crippen MR) is 115 cm³/mol. The van der Waals surface area contributed by atoms with Crippen molar-refractivity contribution in [1.29, 1.82) is 0 Å². The Kier molecular flexibility index (Phi) is 4.01. The first-order valence-corrected chi connectivity index (χ1v) is 11.4. The maximum absolute atomic E-state index is 14.0. The highest BCUT2D eigenvalue weighted by Crippen LogP contribution is 2.61. The minimum atomic E-state index is -1.08. The van der Waals surface area contributed by atoms with Crippen molar-refractivity contribution < 1.29 is 14.0 Å². The van der Waals surface area contributed by atoms with E-state index >= 15 is 0 Å². The molecule has 0 radical (unpaired) electrons. The van der Waals surface area contributed by atoms with E-state index in [0.717, 1.165) is 36.4 Å². The predicted octanol–water partition coefficient (Wildman–Crippen LogP) is 4.90. The Morgan fingerprint density at radius 2 is 2.17 bits per heavy atom. The molecule has 2 aromatic heterocycles. The summed E-state index contributed by atoms with van der Waals surface area (Å²) in [6.45, 7) is 0.759. The smallest absolute Gasteiger partial charge is 0.250 e. The molecule has 1 N–H and O–H groups in total. The third-order valence-electron chi connectivity index (χ3n) is 6.88. The summed E-state index contributed by atoms with van der Waals surface area (Å²) < 4.78 is 5.84. The molecule has 3 aliphatic heterocycles. The fourth-order valence-corrected chi connectivity index (χ4v) is 6.77. The van der Waals surface area contributed by atoms with Gasteiger partial charge in [0, 0.05) is 28.2 Å². The summed E-state index contributed by atoms with van der Waals surface area (Å²) in [4.78, 5) is 30.6. The standard InChI is InChI=1S/C23H19ClN2O3S/c24-13-7-8-15-14(12-13)23(22(28)25-15)20(21(27)18-6-3-11-30-18)19(17-5-2-10-29-17)16-4-1-9-26(16)23/h2-3,5-8,10-12,16,19-20H,1,4,9H2,(H,25,28). The number of nitrogens with one attached hydrogen (secondary N) is 1. The number of hydrogen-bond donors (Lipinski definition) is 1. The van der Waals surface area contributed by atoms with Crippen LogP contribution >= 0.6 is 22.9 Å². The van der Waals surface area contributed by atoms with Gasteiger partial charge in [-0.3, -0.25) is 14.5 Å². The van der Waals surface area contributed by atoms with Crippen molar-refractivity contribution in [2.75, 3.05) is 11.9 Å². The van der Waals surface area contributed by atoms with E-state index in [4.69, 9.17) is 16.0 Å². The SMILES string of the molecule is O=C(c1cccs1)C1C(c2ccco2)C2CCCN2C12C(=O)Nc1ccc(Cl)cc12. The first kappa shape index (κ1) is 18.4. The molecule has 2 saturated heterocycles. The van der Waals surface area contributed by atoms with Gasteiger partial charge < -0.3 is 9.73 Å². The van der Waals surface area contributed by atoms with Crippen molar-refractivity contribution in [1.82, 2.24) is 4.90 Å². The van der Waals surface area contributed by atoms with E-state index in [0.29, 0.717) is 9.90 Å². The van der Waals surface area contributed by atoms with Gasteiger partial charge in [0.05, 0.1) is 17.1 Å². The fraction of sp³-hybridized carbons (Fsp3) is 0.304. The van der Waals surface area contributed by atoms with Crippen LogP contribution in [-0.2, 0) is 10.3 Å². The van der Waals surface area contributed by atoms with Crippen molar-refractivity contribution in [2.24, 2.45) is 5.92 Å². The molecule has 3 aromatic rings. The Morgan fingerprint density at radius 1 is 1.27 bits per heavy atom. The molecular weight excluding hydrogens is 420 g/mol. The van der Waals surface area contributed by atoms with E-state index in [2.05, 4.69) is 10.2 Å². The van der Waals surface area contributed by atoms with Crippen molar-refractivity contribution in [3.8, 4) is 0 Å². The molecule has 2 fully saturated rings. The zero-order valence-electron chi connectivity index (χ0n) is 16.0. The molecule has 4 atom stereocenters. The average molecular weight is 439 g/mol. The largest absolute Gasteiger partial charge is 0.469 e. The molecule has 0 saturated carbocycles. The van der Waals surface area contributed by atoms with Crippen molar-refractivity contribution in [3.63, 3.8) is 0 Å². The quantitative estimate of drug-likeness (QED) is 0.590. The minimum Gasteiger partial charge on any atom is -0.469 e. The topological polar surface area (TPSA) is 62.6 Å². The molecule has 30 heavy (non-hydrogen) atoms. The van der Waals surface area contributed by atoms with Crippen molar-refractivity contribution in [3.05, 3.63) is 75.3 Å². The number of fused-ring (bicyclic) bond motifs is 4. The zero-order valence-corrected chi connectivity index (χ0v) is 17.6. The van der Waals surface area contributed by atoms with Crippen LogP contribution in [0.1, 0.15) is 39.8 Å². The number of ketones is 1. The number of carbonyl (C=O) groups excluding carboxylic acids is 2. The van der Waals surface area contributed by atoms with E-state index in [1.807, 2.05) is 41.8 Å². The zero-order chi connectivity index (χ0) is 20.5. The number of halogens is 1. The number of anilines is 1. The Morgan fingerprint density at radius 3 is 2.93 bits per heavy atom. The van der Waals surface area contributed by atoms with Gasteiger partial charge >= 0.3 is 0 Å². The van der Waals surface area contributed by atoms with Gasteiger partial charge in [-0.05, 0) is 61.2 Å². The molecule has 4 unspecified atom stereocenters. The van der Waals surface area contributed by atoms with Crippen LogP contribution in [0.5, 0.6) is 0 Å². The molecule has 6 rings (SSSR count). The number of amides is 1. The molecule has 5 nitrogen and oxygen atoms in total. The van der Waals surface area contributed by atoms with Gasteiger partial charge in [-0.1, -0.05) is 17.7 Å². The first-order chi connectivity index (χ1) is 14.6. The monoisotopic (exact) mass is 438 g/mol. The lowest BCUT2D eigenvalue weighted by Gasteiger charge is -2.36. The lowest BCUT2D eigenvalue weighted by atomic mass is 9.71. The number of furan rings is 1. The minimum absolute atomic E-state index is 0.0104. The lowest BCUT2D eigenvalue weighted by Crippen LogP contribution is -2.52. The van der Waals surface area contributed by atoms with Crippen LogP contribution in [0, 0.1) is 5.92 Å². The van der Waals surface area contributed by atoms with E-state index in [-0.39, 0.29) is 23.7 Å². The van der Waals surface area contributed by atoms with Crippen molar-refractivity contribution in [2.45, 2.75) is 30.3 Å². The molecule has 5 heterocycles. The van der Waals surface area contributed by atoms with Crippen LogP contribution in [-0.4, -0.2) is 29.2 Å². The normalized spacial score (nSPS) is 29.9. The number of benzene rings is 1. The van der Waals surface area contributed by atoms with Crippen LogP contribution in [0.2, 0.25) is 5.02 Å². The van der Waals surface area contributed by atoms with Gasteiger partial charge in [0.15, 0.2) is 5.78 Å². The van der Waals surface area contributed by atoms with E-state index in [1.54, 1.807) is 12.3 Å².